The van der Waals surface area contributed by atoms with Crippen LogP contribution in [0.15, 0.2) is 20.7 Å². The van der Waals surface area contributed by atoms with E-state index in [0.29, 0.717) is 6.42 Å². The van der Waals surface area contributed by atoms with Gasteiger partial charge < -0.3 is 4.57 Å². The average Bonchev–Trinajstić information content (AvgIpc) is 2.36. The number of aryl methyl sites for hydroxylation is 1. The van der Waals surface area contributed by atoms with Gasteiger partial charge in [0.1, 0.15) is 0 Å². The van der Waals surface area contributed by atoms with Crippen LogP contribution in [0.2, 0.25) is 0 Å². The number of nitrogens with one attached hydrogen (secondary N) is 1. The minimum atomic E-state index is -3.88. The van der Waals surface area contributed by atoms with E-state index in [2.05, 4.69) is 4.72 Å². The van der Waals surface area contributed by atoms with Crippen LogP contribution in [0.3, 0.4) is 0 Å². The third-order valence-electron chi connectivity index (χ3n) is 2.78. The lowest BCUT2D eigenvalue weighted by Gasteiger charge is -2.08. The quantitative estimate of drug-likeness (QED) is 0.718. The predicted octanol–water partition coefficient (Wildman–Crippen LogP) is -0.447. The van der Waals surface area contributed by atoms with Crippen molar-refractivity contribution in [2.75, 3.05) is 6.54 Å². The highest BCUT2D eigenvalue weighted by molar-refractivity contribution is 7.89. The van der Waals surface area contributed by atoms with Gasteiger partial charge in [0.15, 0.2) is 4.90 Å². The van der Waals surface area contributed by atoms with Crippen LogP contribution < -0.4 is 16.0 Å². The van der Waals surface area contributed by atoms with Crippen molar-refractivity contribution in [2.45, 2.75) is 31.1 Å². The third-order valence-corrected chi connectivity index (χ3v) is 4.22. The summed E-state index contributed by atoms with van der Waals surface area (Å²) in [7, 11) is -1.22. The maximum atomic E-state index is 12.0. The van der Waals surface area contributed by atoms with Gasteiger partial charge in [0.05, 0.1) is 0 Å². The Balaban J connectivity index is 3.09. The summed E-state index contributed by atoms with van der Waals surface area (Å²) in [6.45, 7) is 2.29. The number of hydrogen-bond acceptors (Lipinski definition) is 4. The zero-order valence-corrected chi connectivity index (χ0v) is 12.2. The molecule has 8 heteroatoms. The molecule has 1 rings (SSSR count). The second kappa shape index (κ2) is 6.16. The second-order valence-corrected chi connectivity index (χ2v) is 6.09. The Hall–Kier alpha value is -1.41. The van der Waals surface area contributed by atoms with E-state index < -0.39 is 26.2 Å². The van der Waals surface area contributed by atoms with E-state index in [0.717, 1.165) is 28.2 Å². The summed E-state index contributed by atoms with van der Waals surface area (Å²) >= 11 is 0. The molecule has 7 nitrogen and oxygen atoms in total. The van der Waals surface area contributed by atoms with Crippen LogP contribution in [-0.2, 0) is 24.1 Å². The molecule has 0 aliphatic carbocycles. The van der Waals surface area contributed by atoms with Crippen LogP contribution in [0.5, 0.6) is 0 Å². The van der Waals surface area contributed by atoms with E-state index in [9.17, 15) is 18.0 Å². The summed E-state index contributed by atoms with van der Waals surface area (Å²) in [5, 5.41) is 0. The number of aromatic nitrogens is 2. The molecule has 0 radical (unpaired) electrons. The lowest BCUT2D eigenvalue weighted by atomic mass is 10.3. The number of sulfonamides is 1. The van der Waals surface area contributed by atoms with E-state index in [-0.39, 0.29) is 6.54 Å². The molecule has 0 fully saturated rings. The smallest absolute Gasteiger partial charge is 0.302 e. The molecule has 0 aliphatic heterocycles. The van der Waals surface area contributed by atoms with Crippen LogP contribution in [0.25, 0.3) is 0 Å². The maximum Gasteiger partial charge on any atom is 0.330 e. The highest BCUT2D eigenvalue weighted by Crippen LogP contribution is 2.01. The van der Waals surface area contributed by atoms with Crippen molar-refractivity contribution >= 4 is 10.0 Å². The molecule has 0 amide bonds. The van der Waals surface area contributed by atoms with E-state index in [1.807, 2.05) is 6.92 Å². The highest BCUT2D eigenvalue weighted by atomic mass is 32.2. The Kier molecular flexibility index (Phi) is 5.07. The van der Waals surface area contributed by atoms with E-state index in [4.69, 9.17) is 0 Å². The Bertz CT molecular complexity index is 657. The summed E-state index contributed by atoms with van der Waals surface area (Å²) in [6, 6.07) is 0. The Morgan fingerprint density at radius 3 is 2.42 bits per heavy atom. The first-order valence-corrected chi connectivity index (χ1v) is 7.56. The molecule has 1 aromatic heterocycles. The van der Waals surface area contributed by atoms with Gasteiger partial charge in [-0.2, -0.15) is 0 Å². The van der Waals surface area contributed by atoms with Crippen molar-refractivity contribution in [3.05, 3.63) is 27.0 Å². The number of hydrogen-bond donors (Lipinski definition) is 1. The van der Waals surface area contributed by atoms with Crippen LogP contribution in [0, 0.1) is 0 Å². The van der Waals surface area contributed by atoms with Gasteiger partial charge in [0, 0.05) is 26.8 Å². The molecule has 0 aliphatic rings. The third kappa shape index (κ3) is 3.54. The van der Waals surface area contributed by atoms with Crippen molar-refractivity contribution in [3.63, 3.8) is 0 Å². The van der Waals surface area contributed by atoms with Crippen molar-refractivity contribution in [1.29, 1.82) is 0 Å². The van der Waals surface area contributed by atoms with Crippen LogP contribution in [0.4, 0.5) is 0 Å². The summed E-state index contributed by atoms with van der Waals surface area (Å²) < 4.78 is 28.2. The highest BCUT2D eigenvalue weighted by Gasteiger charge is 2.20. The maximum absolute atomic E-state index is 12.0. The lowest BCUT2D eigenvalue weighted by Crippen LogP contribution is -2.41. The second-order valence-electron chi connectivity index (χ2n) is 4.36. The molecular weight excluding hydrogens is 270 g/mol. The molecule has 1 aromatic rings. The zero-order valence-electron chi connectivity index (χ0n) is 11.3. The summed E-state index contributed by atoms with van der Waals surface area (Å²) in [5.74, 6) is 0. The molecular formula is C11H19N3O4S. The topological polar surface area (TPSA) is 90.2 Å². The fraction of sp³-hybridized carbons (Fsp3) is 0.636. The molecule has 0 atom stereocenters. The Morgan fingerprint density at radius 2 is 1.84 bits per heavy atom. The number of rotatable bonds is 6. The minimum Gasteiger partial charge on any atom is -0.302 e. The Morgan fingerprint density at radius 1 is 1.21 bits per heavy atom. The first-order chi connectivity index (χ1) is 8.81. The minimum absolute atomic E-state index is 0.280. The van der Waals surface area contributed by atoms with Gasteiger partial charge in [-0.25, -0.2) is 17.9 Å². The van der Waals surface area contributed by atoms with Crippen LogP contribution in [-0.4, -0.2) is 24.1 Å². The van der Waals surface area contributed by atoms with Gasteiger partial charge in [-0.1, -0.05) is 19.8 Å². The molecule has 0 aromatic carbocycles. The van der Waals surface area contributed by atoms with Gasteiger partial charge in [0.25, 0.3) is 5.56 Å². The molecule has 0 unspecified atom stereocenters. The van der Waals surface area contributed by atoms with E-state index in [1.54, 1.807) is 0 Å². The SMILES string of the molecule is CCCCCNS(=O)(=O)c1cn(C)c(=O)n(C)c1=O. The Labute approximate surface area is 111 Å². The number of nitrogens with zero attached hydrogens (tertiary/aromatic N) is 2. The monoisotopic (exact) mass is 289 g/mol. The first-order valence-electron chi connectivity index (χ1n) is 6.07. The molecule has 108 valence electrons. The number of unbranched alkanes of at least 4 members (excludes halogenated alkanes) is 2. The van der Waals surface area contributed by atoms with Gasteiger partial charge in [-0.3, -0.25) is 9.36 Å². The molecule has 0 bridgehead atoms. The largest absolute Gasteiger partial charge is 0.330 e. The predicted molar refractivity (Wildman–Crippen MR) is 71.6 cm³/mol. The first kappa shape index (κ1) is 15.6. The average molecular weight is 289 g/mol. The normalized spacial score (nSPS) is 11.7. The van der Waals surface area contributed by atoms with Gasteiger partial charge in [0.2, 0.25) is 10.0 Å². The van der Waals surface area contributed by atoms with Crippen molar-refractivity contribution < 1.29 is 8.42 Å². The van der Waals surface area contributed by atoms with Gasteiger partial charge in [-0.05, 0) is 6.42 Å². The van der Waals surface area contributed by atoms with Crippen molar-refractivity contribution in [1.82, 2.24) is 13.9 Å². The van der Waals surface area contributed by atoms with E-state index >= 15 is 0 Å². The zero-order chi connectivity index (χ0) is 14.6. The molecule has 0 spiro atoms. The molecule has 0 saturated heterocycles. The molecule has 19 heavy (non-hydrogen) atoms. The molecule has 0 saturated carbocycles. The molecule has 1 N–H and O–H groups in total. The van der Waals surface area contributed by atoms with Gasteiger partial charge >= 0.3 is 5.69 Å². The summed E-state index contributed by atoms with van der Waals surface area (Å²) in [5.41, 5.74) is -1.37. The van der Waals surface area contributed by atoms with Gasteiger partial charge in [-0.15, -0.1) is 0 Å². The summed E-state index contributed by atoms with van der Waals surface area (Å²) in [4.78, 5) is 22.9. The molecule has 1 heterocycles. The fourth-order valence-corrected chi connectivity index (χ4v) is 2.85. The van der Waals surface area contributed by atoms with E-state index in [1.165, 1.54) is 14.1 Å². The lowest BCUT2D eigenvalue weighted by molar-refractivity contribution is 0.566. The van der Waals surface area contributed by atoms with Crippen molar-refractivity contribution in [2.24, 2.45) is 14.1 Å². The summed E-state index contributed by atoms with van der Waals surface area (Å²) in [6.07, 6.45) is 3.64. The fourth-order valence-electron chi connectivity index (χ4n) is 1.62. The standard InChI is InChI=1S/C11H19N3O4S/c1-4-5-6-7-12-19(17,18)9-8-13(2)11(16)14(3)10(9)15/h8,12H,4-7H2,1-3H3. The van der Waals surface area contributed by atoms with Crippen molar-refractivity contribution in [3.8, 4) is 0 Å². The van der Waals surface area contributed by atoms with Crippen LogP contribution in [0.1, 0.15) is 26.2 Å². The van der Waals surface area contributed by atoms with Crippen LogP contribution >= 0.6 is 0 Å².